The summed E-state index contributed by atoms with van der Waals surface area (Å²) in [4.78, 5) is 25.1. The number of ketones is 1. The zero-order valence-corrected chi connectivity index (χ0v) is 14.1. The first-order valence-electron chi connectivity index (χ1n) is 7.74. The fraction of sp³-hybridized carbons (Fsp3) is 0.100. The Balaban J connectivity index is 1.91. The third-order valence-corrected chi connectivity index (χ3v) is 5.03. The maximum Gasteiger partial charge on any atom is 0.307 e. The van der Waals surface area contributed by atoms with Gasteiger partial charge in [0.15, 0.2) is 5.78 Å². The van der Waals surface area contributed by atoms with Crippen LogP contribution in [-0.2, 0) is 17.6 Å². The number of benzene rings is 2. The fourth-order valence-corrected chi connectivity index (χ4v) is 3.70. The monoisotopic (exact) mass is 352 g/mol. The van der Waals surface area contributed by atoms with E-state index < -0.39 is 5.97 Å². The fourth-order valence-electron chi connectivity index (χ4n) is 2.58. The quantitative estimate of drug-likeness (QED) is 0.653. The molecule has 0 radical (unpaired) electrons. The number of aliphatic carboxylic acids is 1. The van der Waals surface area contributed by atoms with Crippen LogP contribution in [0.4, 0.5) is 0 Å². The van der Waals surface area contributed by atoms with Crippen molar-refractivity contribution in [3.63, 3.8) is 0 Å². The molecule has 0 saturated carbocycles. The lowest BCUT2D eigenvalue weighted by Gasteiger charge is -2.01. The summed E-state index contributed by atoms with van der Waals surface area (Å²) in [5.41, 5.74) is 2.36. The smallest absolute Gasteiger partial charge is 0.307 e. The van der Waals surface area contributed by atoms with Crippen molar-refractivity contribution in [2.45, 2.75) is 12.8 Å². The Kier molecular flexibility index (Phi) is 4.95. The molecule has 2 aromatic carbocycles. The molecule has 0 aliphatic carbocycles. The molecule has 3 rings (SSSR count). The number of carbonyl (C=O) groups excluding carboxylic acids is 1. The summed E-state index contributed by atoms with van der Waals surface area (Å²) in [6, 6.07) is 17.7. The number of aromatic hydroxyl groups is 1. The van der Waals surface area contributed by atoms with Crippen molar-refractivity contribution in [3.05, 3.63) is 76.7 Å². The number of hydrogen-bond donors (Lipinski definition) is 2. The Morgan fingerprint density at radius 1 is 0.920 bits per heavy atom. The minimum atomic E-state index is -0.924. The van der Waals surface area contributed by atoms with Crippen molar-refractivity contribution in [2.75, 3.05) is 0 Å². The van der Waals surface area contributed by atoms with Crippen LogP contribution in [0.2, 0.25) is 0 Å². The van der Waals surface area contributed by atoms with Crippen molar-refractivity contribution >= 4 is 23.1 Å². The molecule has 1 heterocycles. The molecule has 0 saturated heterocycles. The third-order valence-electron chi connectivity index (χ3n) is 3.76. The number of thiophene rings is 1. The molecule has 0 fully saturated rings. The van der Waals surface area contributed by atoms with E-state index in [2.05, 4.69) is 0 Å². The third kappa shape index (κ3) is 4.14. The van der Waals surface area contributed by atoms with Gasteiger partial charge in [-0.05, 0) is 34.9 Å². The van der Waals surface area contributed by atoms with E-state index >= 15 is 0 Å². The number of rotatable bonds is 6. The van der Waals surface area contributed by atoms with Crippen LogP contribution in [0.15, 0.2) is 60.7 Å². The second-order valence-corrected chi connectivity index (χ2v) is 6.72. The molecule has 4 nitrogen and oxygen atoms in total. The molecule has 0 unspecified atom stereocenters. The van der Waals surface area contributed by atoms with E-state index in [1.165, 1.54) is 11.3 Å². The first-order valence-corrected chi connectivity index (χ1v) is 8.55. The number of hydrogen-bond acceptors (Lipinski definition) is 4. The van der Waals surface area contributed by atoms with Gasteiger partial charge in [-0.1, -0.05) is 42.5 Å². The van der Waals surface area contributed by atoms with Crippen LogP contribution >= 0.6 is 11.3 Å². The molecule has 1 aromatic heterocycles. The highest BCUT2D eigenvalue weighted by Gasteiger charge is 2.18. The van der Waals surface area contributed by atoms with E-state index in [0.717, 1.165) is 16.0 Å². The Labute approximate surface area is 149 Å². The van der Waals surface area contributed by atoms with E-state index in [0.29, 0.717) is 10.4 Å². The first kappa shape index (κ1) is 16.9. The standard InChI is InChI=1S/C20H16O4S/c21-16-8-6-13(7-9-16)10-17(22)18-11-15(12-19(23)24)20(25-18)14-4-2-1-3-5-14/h1-9,11,21H,10,12H2,(H,23,24). The van der Waals surface area contributed by atoms with Gasteiger partial charge < -0.3 is 10.2 Å². The average molecular weight is 352 g/mol. The van der Waals surface area contributed by atoms with Gasteiger partial charge in [-0.15, -0.1) is 11.3 Å². The van der Waals surface area contributed by atoms with E-state index in [-0.39, 0.29) is 24.4 Å². The predicted molar refractivity (Wildman–Crippen MR) is 97.2 cm³/mol. The Bertz CT molecular complexity index is 895. The summed E-state index contributed by atoms with van der Waals surface area (Å²) >= 11 is 1.32. The summed E-state index contributed by atoms with van der Waals surface area (Å²) in [5.74, 6) is -0.834. The zero-order valence-electron chi connectivity index (χ0n) is 13.3. The highest BCUT2D eigenvalue weighted by atomic mass is 32.1. The van der Waals surface area contributed by atoms with Crippen molar-refractivity contribution in [2.24, 2.45) is 0 Å². The molecular weight excluding hydrogens is 336 g/mol. The molecule has 0 atom stereocenters. The summed E-state index contributed by atoms with van der Waals surface area (Å²) in [6.07, 6.45) is 0.0920. The number of carbonyl (C=O) groups is 2. The summed E-state index contributed by atoms with van der Waals surface area (Å²) in [7, 11) is 0. The van der Waals surface area contributed by atoms with E-state index in [9.17, 15) is 14.7 Å². The lowest BCUT2D eigenvalue weighted by atomic mass is 10.0. The maximum absolute atomic E-state index is 12.6. The van der Waals surface area contributed by atoms with Crippen molar-refractivity contribution in [3.8, 4) is 16.2 Å². The summed E-state index contributed by atoms with van der Waals surface area (Å²) in [5, 5.41) is 18.5. The van der Waals surface area contributed by atoms with Crippen LogP contribution < -0.4 is 0 Å². The van der Waals surface area contributed by atoms with Gasteiger partial charge in [0.05, 0.1) is 11.3 Å². The van der Waals surface area contributed by atoms with Crippen LogP contribution in [0.1, 0.15) is 20.8 Å². The molecule has 3 aromatic rings. The molecule has 0 aliphatic rings. The highest BCUT2D eigenvalue weighted by molar-refractivity contribution is 7.17. The Morgan fingerprint density at radius 3 is 2.24 bits per heavy atom. The molecule has 5 heteroatoms. The zero-order chi connectivity index (χ0) is 17.8. The SMILES string of the molecule is O=C(O)Cc1cc(C(=O)Cc2ccc(O)cc2)sc1-c1ccccc1. The van der Waals surface area contributed by atoms with Gasteiger partial charge in [0.1, 0.15) is 5.75 Å². The van der Waals surface area contributed by atoms with Crippen LogP contribution in [-0.4, -0.2) is 22.0 Å². The molecular formula is C20H16O4S. The number of phenolic OH excluding ortho intramolecular Hbond substituents is 1. The minimum Gasteiger partial charge on any atom is -0.508 e. The number of phenols is 1. The van der Waals surface area contributed by atoms with Crippen molar-refractivity contribution < 1.29 is 19.8 Å². The van der Waals surface area contributed by atoms with Gasteiger partial charge in [0, 0.05) is 11.3 Å². The van der Waals surface area contributed by atoms with E-state index in [4.69, 9.17) is 5.11 Å². The topological polar surface area (TPSA) is 74.6 Å². The maximum atomic E-state index is 12.6. The van der Waals surface area contributed by atoms with Gasteiger partial charge >= 0.3 is 5.97 Å². The average Bonchev–Trinajstić information content (AvgIpc) is 3.01. The first-order chi connectivity index (χ1) is 12.0. The molecule has 0 amide bonds. The number of carboxylic acids is 1. The second kappa shape index (κ2) is 7.32. The normalized spacial score (nSPS) is 10.6. The van der Waals surface area contributed by atoms with Gasteiger partial charge in [0.25, 0.3) is 0 Å². The van der Waals surface area contributed by atoms with Gasteiger partial charge in [-0.3, -0.25) is 9.59 Å². The van der Waals surface area contributed by atoms with Crippen molar-refractivity contribution in [1.29, 1.82) is 0 Å². The lowest BCUT2D eigenvalue weighted by molar-refractivity contribution is -0.136. The Morgan fingerprint density at radius 2 is 1.60 bits per heavy atom. The van der Waals surface area contributed by atoms with Crippen LogP contribution in [0.3, 0.4) is 0 Å². The second-order valence-electron chi connectivity index (χ2n) is 5.67. The molecule has 0 bridgehead atoms. The molecule has 0 aliphatic heterocycles. The summed E-state index contributed by atoms with van der Waals surface area (Å²) < 4.78 is 0. The number of carboxylic acid groups (broad SMARTS) is 1. The van der Waals surface area contributed by atoms with E-state index in [1.54, 1.807) is 30.3 Å². The predicted octanol–water partition coefficient (Wildman–Crippen LogP) is 4.17. The highest BCUT2D eigenvalue weighted by Crippen LogP contribution is 2.34. The van der Waals surface area contributed by atoms with Crippen LogP contribution in [0.25, 0.3) is 10.4 Å². The largest absolute Gasteiger partial charge is 0.508 e. The van der Waals surface area contributed by atoms with Gasteiger partial charge in [-0.25, -0.2) is 0 Å². The van der Waals surface area contributed by atoms with Crippen LogP contribution in [0.5, 0.6) is 5.75 Å². The van der Waals surface area contributed by atoms with Crippen LogP contribution in [0, 0.1) is 0 Å². The molecule has 25 heavy (non-hydrogen) atoms. The summed E-state index contributed by atoms with van der Waals surface area (Å²) in [6.45, 7) is 0. The lowest BCUT2D eigenvalue weighted by Crippen LogP contribution is -2.02. The number of Topliss-reactive ketones (excluding diaryl/α,β-unsaturated/α-hetero) is 1. The van der Waals surface area contributed by atoms with Crippen molar-refractivity contribution in [1.82, 2.24) is 0 Å². The molecule has 126 valence electrons. The van der Waals surface area contributed by atoms with Gasteiger partial charge in [-0.2, -0.15) is 0 Å². The Hall–Kier alpha value is -2.92. The molecule has 2 N–H and O–H groups in total. The molecule has 0 spiro atoms. The van der Waals surface area contributed by atoms with Gasteiger partial charge in [0.2, 0.25) is 0 Å². The minimum absolute atomic E-state index is 0.0653. The van der Waals surface area contributed by atoms with E-state index in [1.807, 2.05) is 30.3 Å².